The quantitative estimate of drug-likeness (QED) is 0.784. The summed E-state index contributed by atoms with van der Waals surface area (Å²) in [6.07, 6.45) is 0. The molecule has 1 aromatic rings. The number of aromatic nitrogens is 1. The Labute approximate surface area is 118 Å². The van der Waals surface area contributed by atoms with Crippen molar-refractivity contribution < 1.29 is 14.1 Å². The Bertz CT molecular complexity index is 591. The van der Waals surface area contributed by atoms with Gasteiger partial charge in [0.2, 0.25) is 0 Å². The van der Waals surface area contributed by atoms with Crippen LogP contribution >= 0.6 is 0 Å². The minimum atomic E-state index is -0.691. The van der Waals surface area contributed by atoms with Gasteiger partial charge in [-0.05, 0) is 33.8 Å². The smallest absolute Gasteiger partial charge is 0.399 e. The molecule has 0 aromatic carbocycles. The van der Waals surface area contributed by atoms with Crippen molar-refractivity contribution in [3.05, 3.63) is 23.5 Å². The maximum Gasteiger partial charge on any atom is 0.497 e. The zero-order valence-electron chi connectivity index (χ0n) is 11.9. The van der Waals surface area contributed by atoms with Crippen LogP contribution < -0.4 is 11.2 Å². The fraction of sp³-hybridized carbons (Fsp3) is 0.462. The van der Waals surface area contributed by atoms with Gasteiger partial charge >= 0.3 is 7.12 Å². The summed E-state index contributed by atoms with van der Waals surface area (Å²) in [6, 6.07) is 5.00. The fourth-order valence-electron chi connectivity index (χ4n) is 1.86. The molecule has 0 spiro atoms. The first-order valence-corrected chi connectivity index (χ1v) is 6.24. The molecule has 0 aliphatic carbocycles. The average molecular weight is 273 g/mol. The molecule has 0 unspecified atom stereocenters. The highest BCUT2D eigenvalue weighted by Gasteiger charge is 2.52. The molecule has 6 nitrogen and oxygen atoms in total. The van der Waals surface area contributed by atoms with Gasteiger partial charge in [0.15, 0.2) is 0 Å². The summed E-state index contributed by atoms with van der Waals surface area (Å²) in [5.41, 5.74) is 4.76. The van der Waals surface area contributed by atoms with Gasteiger partial charge in [0, 0.05) is 5.46 Å². The Morgan fingerprint density at radius 1 is 1.30 bits per heavy atom. The maximum absolute atomic E-state index is 11.1. The van der Waals surface area contributed by atoms with Gasteiger partial charge < -0.3 is 15.0 Å². The van der Waals surface area contributed by atoms with Crippen molar-refractivity contribution in [2.24, 2.45) is 5.73 Å². The Morgan fingerprint density at radius 2 is 1.85 bits per heavy atom. The number of nitriles is 1. The molecule has 2 heterocycles. The van der Waals surface area contributed by atoms with E-state index in [-0.39, 0.29) is 11.4 Å². The molecule has 0 bridgehead atoms. The summed E-state index contributed by atoms with van der Waals surface area (Å²) in [5, 5.41) is 9.17. The summed E-state index contributed by atoms with van der Waals surface area (Å²) in [6.45, 7) is 7.68. The van der Waals surface area contributed by atoms with E-state index in [2.05, 4.69) is 4.98 Å². The molecule has 1 saturated heterocycles. The van der Waals surface area contributed by atoms with Crippen molar-refractivity contribution in [1.82, 2.24) is 4.98 Å². The number of hydrogen-bond acceptors (Lipinski definition) is 5. The summed E-state index contributed by atoms with van der Waals surface area (Å²) in [4.78, 5) is 15.0. The van der Waals surface area contributed by atoms with E-state index in [1.54, 1.807) is 6.07 Å². The van der Waals surface area contributed by atoms with Crippen molar-refractivity contribution in [2.45, 2.75) is 38.9 Å². The van der Waals surface area contributed by atoms with Crippen LogP contribution in [0.5, 0.6) is 0 Å². The SMILES string of the molecule is CC1(C)OB(c2ccc(C(N)=O)nc2C#N)OC1(C)C. The fourth-order valence-corrected chi connectivity index (χ4v) is 1.86. The van der Waals surface area contributed by atoms with Crippen molar-refractivity contribution in [3.8, 4) is 6.07 Å². The Kier molecular flexibility index (Phi) is 3.32. The maximum atomic E-state index is 11.1. The molecule has 2 N–H and O–H groups in total. The van der Waals surface area contributed by atoms with Gasteiger partial charge in [0.25, 0.3) is 5.91 Å². The molecular formula is C13H16BN3O3. The lowest BCUT2D eigenvalue weighted by molar-refractivity contribution is 0.00578. The third kappa shape index (κ3) is 2.28. The third-order valence-corrected chi connectivity index (χ3v) is 3.79. The number of nitrogens with zero attached hydrogens (tertiary/aromatic N) is 2. The standard InChI is InChI=1S/C13H16BN3O3/c1-12(2)13(3,4)20-14(19-12)8-5-6-9(11(16)18)17-10(8)7-15/h5-6H,1-4H3,(H2,16,18). The highest BCUT2D eigenvalue weighted by atomic mass is 16.7. The molecule has 104 valence electrons. The van der Waals surface area contributed by atoms with Crippen LogP contribution in [-0.4, -0.2) is 29.2 Å². The monoisotopic (exact) mass is 273 g/mol. The molecule has 0 saturated carbocycles. The van der Waals surface area contributed by atoms with Crippen molar-refractivity contribution in [1.29, 1.82) is 5.26 Å². The van der Waals surface area contributed by atoms with Gasteiger partial charge in [0.05, 0.1) is 11.2 Å². The number of carbonyl (C=O) groups excluding carboxylic acids is 1. The summed E-state index contributed by atoms with van der Waals surface area (Å²) in [7, 11) is -0.691. The topological polar surface area (TPSA) is 98.2 Å². The molecule has 0 radical (unpaired) electrons. The van der Waals surface area contributed by atoms with E-state index >= 15 is 0 Å². The van der Waals surface area contributed by atoms with Crippen LogP contribution in [0.3, 0.4) is 0 Å². The number of pyridine rings is 1. The van der Waals surface area contributed by atoms with Crippen LogP contribution in [0.2, 0.25) is 0 Å². The first kappa shape index (κ1) is 14.5. The lowest BCUT2D eigenvalue weighted by Gasteiger charge is -2.32. The Balaban J connectivity index is 2.41. The number of rotatable bonds is 2. The van der Waals surface area contributed by atoms with Gasteiger partial charge in [-0.25, -0.2) is 4.98 Å². The van der Waals surface area contributed by atoms with Crippen molar-refractivity contribution in [3.63, 3.8) is 0 Å². The van der Waals surface area contributed by atoms with Crippen LogP contribution in [0, 0.1) is 11.3 Å². The van der Waals surface area contributed by atoms with E-state index in [0.29, 0.717) is 5.46 Å². The number of carbonyl (C=O) groups is 1. The second kappa shape index (κ2) is 4.58. The normalized spacial score (nSPS) is 19.6. The van der Waals surface area contributed by atoms with Gasteiger partial charge in [-0.1, -0.05) is 6.07 Å². The van der Waals surface area contributed by atoms with Crippen LogP contribution in [0.15, 0.2) is 12.1 Å². The number of hydrogen-bond donors (Lipinski definition) is 1. The van der Waals surface area contributed by atoms with Crippen LogP contribution in [0.25, 0.3) is 0 Å². The first-order valence-electron chi connectivity index (χ1n) is 6.24. The van der Waals surface area contributed by atoms with Gasteiger partial charge in [-0.2, -0.15) is 5.26 Å². The van der Waals surface area contributed by atoms with Crippen LogP contribution in [0.4, 0.5) is 0 Å². The Morgan fingerprint density at radius 3 is 2.30 bits per heavy atom. The predicted molar refractivity (Wildman–Crippen MR) is 73.2 cm³/mol. The molecule has 7 heteroatoms. The van der Waals surface area contributed by atoms with E-state index in [1.165, 1.54) is 6.07 Å². The molecule has 2 rings (SSSR count). The van der Waals surface area contributed by atoms with E-state index < -0.39 is 24.2 Å². The van der Waals surface area contributed by atoms with Gasteiger partial charge in [-0.3, -0.25) is 4.79 Å². The molecule has 1 aliphatic heterocycles. The Hall–Kier alpha value is -1.91. The van der Waals surface area contributed by atoms with E-state index in [4.69, 9.17) is 20.3 Å². The number of primary amides is 1. The first-order chi connectivity index (χ1) is 9.18. The second-order valence-corrected chi connectivity index (χ2v) is 5.70. The van der Waals surface area contributed by atoms with Crippen molar-refractivity contribution >= 4 is 18.5 Å². The second-order valence-electron chi connectivity index (χ2n) is 5.70. The minimum absolute atomic E-state index is 0.0433. The molecule has 0 atom stereocenters. The average Bonchev–Trinajstić information content (AvgIpc) is 2.57. The lowest BCUT2D eigenvalue weighted by Crippen LogP contribution is -2.41. The highest BCUT2D eigenvalue weighted by Crippen LogP contribution is 2.36. The summed E-state index contributed by atoms with van der Waals surface area (Å²) < 4.78 is 11.7. The summed E-state index contributed by atoms with van der Waals surface area (Å²) >= 11 is 0. The summed E-state index contributed by atoms with van der Waals surface area (Å²) in [5.74, 6) is -0.679. The van der Waals surface area contributed by atoms with E-state index in [0.717, 1.165) is 0 Å². The zero-order chi connectivity index (χ0) is 15.1. The molecule has 20 heavy (non-hydrogen) atoms. The molecule has 1 aliphatic rings. The molecular weight excluding hydrogens is 257 g/mol. The van der Waals surface area contributed by atoms with Gasteiger partial charge in [0.1, 0.15) is 17.5 Å². The third-order valence-electron chi connectivity index (χ3n) is 3.79. The number of nitrogens with two attached hydrogens (primary N) is 1. The molecule has 1 fully saturated rings. The zero-order valence-corrected chi connectivity index (χ0v) is 11.9. The van der Waals surface area contributed by atoms with Crippen LogP contribution in [-0.2, 0) is 9.31 Å². The van der Waals surface area contributed by atoms with E-state index in [1.807, 2.05) is 33.8 Å². The van der Waals surface area contributed by atoms with Crippen molar-refractivity contribution in [2.75, 3.05) is 0 Å². The molecule has 1 aromatic heterocycles. The van der Waals surface area contributed by atoms with E-state index in [9.17, 15) is 4.79 Å². The lowest BCUT2D eigenvalue weighted by atomic mass is 9.78. The van der Waals surface area contributed by atoms with Crippen LogP contribution in [0.1, 0.15) is 43.9 Å². The molecule has 1 amide bonds. The predicted octanol–water partition coefficient (Wildman–Crippen LogP) is 0.351. The van der Waals surface area contributed by atoms with Gasteiger partial charge in [-0.15, -0.1) is 0 Å². The largest absolute Gasteiger partial charge is 0.497 e. The minimum Gasteiger partial charge on any atom is -0.399 e. The highest BCUT2D eigenvalue weighted by molar-refractivity contribution is 6.62. The number of amides is 1.